The third kappa shape index (κ3) is 3.97. The summed E-state index contributed by atoms with van der Waals surface area (Å²) >= 11 is 7.41. The van der Waals surface area contributed by atoms with Crippen molar-refractivity contribution in [2.45, 2.75) is 19.4 Å². The van der Waals surface area contributed by atoms with E-state index in [2.05, 4.69) is 25.9 Å². The van der Waals surface area contributed by atoms with Gasteiger partial charge in [0, 0.05) is 10.7 Å². The van der Waals surface area contributed by atoms with Gasteiger partial charge in [0.25, 0.3) is 16.9 Å². The molecular formula is C19H17ClN5O2S+. The second-order valence-electron chi connectivity index (χ2n) is 6.38. The molecule has 0 aliphatic carbocycles. The molecule has 7 nitrogen and oxygen atoms in total. The van der Waals surface area contributed by atoms with Gasteiger partial charge in [-0.3, -0.25) is 14.6 Å². The Kier molecular flexibility index (Phi) is 4.97. The Bertz CT molecular complexity index is 1080. The zero-order valence-corrected chi connectivity index (χ0v) is 16.4. The Morgan fingerprint density at radius 1 is 1.32 bits per heavy atom. The van der Waals surface area contributed by atoms with Gasteiger partial charge in [-0.2, -0.15) is 0 Å². The summed E-state index contributed by atoms with van der Waals surface area (Å²) in [4.78, 5) is 32.2. The molecule has 0 bridgehead atoms. The highest BCUT2D eigenvalue weighted by Gasteiger charge is 2.31. The van der Waals surface area contributed by atoms with Crippen LogP contribution in [0.25, 0.3) is 10.2 Å². The Hall–Kier alpha value is -2.97. The standard InChI is InChI=1S/C19H16ClN5O2S/c1-10-8-11(20)6-7-12(10)21-17(27)14-9-16(26)24-18(22-14)25-19-23-13-4-2-3-5-15(13)28-19/h2-8,14H,9H2,1H3,(H,21,27)(H2,22,23,24,25,26)/p+1/t14-/m0/s1. The fourth-order valence-corrected chi connectivity index (χ4v) is 3.98. The predicted molar refractivity (Wildman–Crippen MR) is 111 cm³/mol. The van der Waals surface area contributed by atoms with Crippen molar-refractivity contribution in [1.82, 2.24) is 10.3 Å². The number of benzene rings is 2. The molecule has 4 N–H and O–H groups in total. The third-order valence-electron chi connectivity index (χ3n) is 4.26. The number of para-hydroxylation sites is 1. The lowest BCUT2D eigenvalue weighted by atomic mass is 10.1. The number of aryl methyl sites for hydroxylation is 1. The van der Waals surface area contributed by atoms with E-state index in [-0.39, 0.29) is 18.2 Å². The van der Waals surface area contributed by atoms with E-state index in [1.165, 1.54) is 11.3 Å². The Labute approximate surface area is 169 Å². The van der Waals surface area contributed by atoms with Gasteiger partial charge in [0.2, 0.25) is 0 Å². The first-order valence-electron chi connectivity index (χ1n) is 8.61. The highest BCUT2D eigenvalue weighted by atomic mass is 35.5. The summed E-state index contributed by atoms with van der Waals surface area (Å²) in [5.41, 5.74) is 2.37. The van der Waals surface area contributed by atoms with Crippen LogP contribution >= 0.6 is 22.9 Å². The van der Waals surface area contributed by atoms with E-state index in [4.69, 9.17) is 11.6 Å². The summed E-state index contributed by atoms with van der Waals surface area (Å²) in [6.45, 7) is 1.86. The molecule has 4 rings (SSSR count). The van der Waals surface area contributed by atoms with E-state index in [9.17, 15) is 9.59 Å². The number of nitrogens with zero attached hydrogens (tertiary/aromatic N) is 1. The summed E-state index contributed by atoms with van der Waals surface area (Å²) in [5, 5.41) is 9.81. The minimum atomic E-state index is -0.708. The molecule has 1 aromatic heterocycles. The number of halogens is 1. The van der Waals surface area contributed by atoms with Crippen molar-refractivity contribution >= 4 is 61.7 Å². The number of rotatable bonds is 3. The van der Waals surface area contributed by atoms with Crippen LogP contribution in [-0.4, -0.2) is 28.8 Å². The highest BCUT2D eigenvalue weighted by molar-refractivity contribution is 7.22. The number of fused-ring (bicyclic) bond motifs is 1. The quantitative estimate of drug-likeness (QED) is 0.523. The van der Waals surface area contributed by atoms with Gasteiger partial charge in [0.15, 0.2) is 6.04 Å². The van der Waals surface area contributed by atoms with Crippen LogP contribution in [0.2, 0.25) is 5.02 Å². The fraction of sp³-hybridized carbons (Fsp3) is 0.158. The average Bonchev–Trinajstić information content (AvgIpc) is 3.05. The first-order valence-corrected chi connectivity index (χ1v) is 9.80. The van der Waals surface area contributed by atoms with Gasteiger partial charge in [-0.1, -0.05) is 35.1 Å². The van der Waals surface area contributed by atoms with Crippen LogP contribution in [0.4, 0.5) is 10.8 Å². The molecule has 2 heterocycles. The molecule has 3 aromatic rings. The summed E-state index contributed by atoms with van der Waals surface area (Å²) in [5.74, 6) is -0.220. The molecule has 0 saturated heterocycles. The molecule has 0 saturated carbocycles. The smallest absolute Gasteiger partial charge is 0.323 e. The number of amides is 2. The molecule has 9 heteroatoms. The van der Waals surface area contributed by atoms with Crippen molar-refractivity contribution in [1.29, 1.82) is 0 Å². The van der Waals surface area contributed by atoms with E-state index in [0.717, 1.165) is 15.8 Å². The molecule has 1 aliphatic rings. The number of anilines is 2. The molecule has 0 unspecified atom stereocenters. The van der Waals surface area contributed by atoms with Gasteiger partial charge in [-0.15, -0.1) is 0 Å². The molecule has 1 atom stereocenters. The number of thiazole rings is 1. The van der Waals surface area contributed by atoms with Crippen LogP contribution in [-0.2, 0) is 9.59 Å². The van der Waals surface area contributed by atoms with E-state index in [0.29, 0.717) is 21.8 Å². The topological polar surface area (TPSA) is 97.1 Å². The predicted octanol–water partition coefficient (Wildman–Crippen LogP) is 1.63. The number of carbonyl (C=O) groups excluding carboxylic acids is 2. The Balaban J connectivity index is 1.52. The second-order valence-corrected chi connectivity index (χ2v) is 7.85. The Morgan fingerprint density at radius 3 is 2.93 bits per heavy atom. The van der Waals surface area contributed by atoms with Crippen LogP contribution < -0.4 is 20.9 Å². The minimum Gasteiger partial charge on any atom is -0.323 e. The zero-order chi connectivity index (χ0) is 19.7. The van der Waals surface area contributed by atoms with Gasteiger partial charge in [-0.25, -0.2) is 15.6 Å². The molecule has 142 valence electrons. The van der Waals surface area contributed by atoms with Crippen molar-refractivity contribution in [3.05, 3.63) is 53.1 Å². The third-order valence-corrected chi connectivity index (χ3v) is 5.45. The monoisotopic (exact) mass is 414 g/mol. The largest absolute Gasteiger partial charge is 0.358 e. The number of aromatic nitrogens is 1. The first kappa shape index (κ1) is 18.4. The molecule has 2 amide bonds. The molecule has 1 aliphatic heterocycles. The zero-order valence-electron chi connectivity index (χ0n) is 14.9. The molecule has 0 spiro atoms. The lowest BCUT2D eigenvalue weighted by molar-refractivity contribution is -0.490. The van der Waals surface area contributed by atoms with Crippen LogP contribution in [0.3, 0.4) is 0 Å². The number of hydrogen-bond acceptors (Lipinski definition) is 5. The minimum absolute atomic E-state index is 0.0312. The average molecular weight is 415 g/mol. The van der Waals surface area contributed by atoms with Gasteiger partial charge >= 0.3 is 5.96 Å². The SMILES string of the molecule is Cc1cc(Cl)ccc1NC(=O)[C@@H]1CC(=O)NC(Nc2nc3ccccc3s2)=[NH+]1. The fourth-order valence-electron chi connectivity index (χ4n) is 2.88. The summed E-state index contributed by atoms with van der Waals surface area (Å²) in [7, 11) is 0. The van der Waals surface area contributed by atoms with Crippen LogP contribution in [0.15, 0.2) is 42.5 Å². The maximum Gasteiger partial charge on any atom is 0.358 e. The van der Waals surface area contributed by atoms with Crippen LogP contribution in [0, 0.1) is 6.92 Å². The maximum atomic E-state index is 12.6. The van der Waals surface area contributed by atoms with Gasteiger partial charge in [-0.05, 0) is 42.8 Å². The summed E-state index contributed by atoms with van der Waals surface area (Å²) < 4.78 is 1.03. The number of hydrogen-bond donors (Lipinski definition) is 4. The molecule has 0 fully saturated rings. The number of carbonyl (C=O) groups is 2. The van der Waals surface area contributed by atoms with Crippen LogP contribution in [0.5, 0.6) is 0 Å². The van der Waals surface area contributed by atoms with Gasteiger partial charge in [0.05, 0.1) is 16.6 Å². The normalized spacial score (nSPS) is 16.4. The Morgan fingerprint density at radius 2 is 2.14 bits per heavy atom. The first-order chi connectivity index (χ1) is 13.5. The van der Waals surface area contributed by atoms with Gasteiger partial charge in [0.1, 0.15) is 0 Å². The van der Waals surface area contributed by atoms with E-state index in [1.54, 1.807) is 18.2 Å². The van der Waals surface area contributed by atoms with Crippen molar-refractivity contribution in [2.24, 2.45) is 0 Å². The van der Waals surface area contributed by atoms with Crippen molar-refractivity contribution in [2.75, 3.05) is 10.6 Å². The van der Waals surface area contributed by atoms with Crippen molar-refractivity contribution in [3.8, 4) is 0 Å². The lowest BCUT2D eigenvalue weighted by Gasteiger charge is -2.17. The number of guanidine groups is 1. The highest BCUT2D eigenvalue weighted by Crippen LogP contribution is 2.25. The summed E-state index contributed by atoms with van der Waals surface area (Å²) in [6.07, 6.45) is 0.0312. The molecule has 0 radical (unpaired) electrons. The van der Waals surface area contributed by atoms with E-state index in [1.807, 2.05) is 31.2 Å². The molecule has 28 heavy (non-hydrogen) atoms. The number of nitrogens with one attached hydrogen (secondary N) is 4. The molecule has 2 aromatic carbocycles. The molecular weight excluding hydrogens is 398 g/mol. The van der Waals surface area contributed by atoms with E-state index < -0.39 is 6.04 Å². The van der Waals surface area contributed by atoms with Crippen molar-refractivity contribution in [3.63, 3.8) is 0 Å². The van der Waals surface area contributed by atoms with Gasteiger partial charge < -0.3 is 5.32 Å². The van der Waals surface area contributed by atoms with Crippen LogP contribution in [0.1, 0.15) is 12.0 Å². The van der Waals surface area contributed by atoms with Crippen molar-refractivity contribution < 1.29 is 14.6 Å². The summed E-state index contributed by atoms with van der Waals surface area (Å²) in [6, 6.07) is 12.3. The second kappa shape index (κ2) is 7.57. The maximum absolute atomic E-state index is 12.6. The lowest BCUT2D eigenvalue weighted by Crippen LogP contribution is -2.89. The van der Waals surface area contributed by atoms with E-state index >= 15 is 0 Å².